The van der Waals surface area contributed by atoms with Crippen LogP contribution in [0.4, 0.5) is 4.79 Å². The molecule has 0 aromatic rings. The van der Waals surface area contributed by atoms with Crippen molar-refractivity contribution in [3.63, 3.8) is 0 Å². The molecule has 0 aliphatic rings. The van der Waals surface area contributed by atoms with Gasteiger partial charge in [0, 0.05) is 0 Å². The summed E-state index contributed by atoms with van der Waals surface area (Å²) in [6.45, 7) is 0. The number of carboxylic acid groups (broad SMARTS) is 2. The van der Waals surface area contributed by atoms with Crippen LogP contribution in [0.15, 0.2) is 0 Å². The van der Waals surface area contributed by atoms with Gasteiger partial charge in [-0.15, -0.1) is 0 Å². The predicted molar refractivity (Wildman–Crippen MR) is 33.9 cm³/mol. The van der Waals surface area contributed by atoms with Crippen molar-refractivity contribution in [1.29, 1.82) is 0 Å². The Labute approximate surface area is 114 Å². The first-order valence-electron chi connectivity index (χ1n) is 2.07. The van der Waals surface area contributed by atoms with Crippen molar-refractivity contribution in [2.24, 2.45) is 0 Å². The van der Waals surface area contributed by atoms with Gasteiger partial charge in [-0.3, -0.25) is 0 Å². The van der Waals surface area contributed by atoms with E-state index in [4.69, 9.17) is 15.0 Å². The molecule has 0 amide bonds. The van der Waals surface area contributed by atoms with Crippen LogP contribution in [0.25, 0.3) is 0 Å². The third-order valence-corrected chi connectivity index (χ3v) is 0. The van der Waals surface area contributed by atoms with Crippen LogP contribution in [0, 0.1) is 0 Å². The van der Waals surface area contributed by atoms with Gasteiger partial charge in [-0.2, -0.15) is 0 Å². The summed E-state index contributed by atoms with van der Waals surface area (Å²) in [7, 11) is 0. The van der Waals surface area contributed by atoms with Crippen LogP contribution in [0.5, 0.6) is 0 Å². The molecule has 0 bridgehead atoms. The van der Waals surface area contributed by atoms with Crippen molar-refractivity contribution < 1.29 is 15.0 Å². The zero-order valence-corrected chi connectivity index (χ0v) is 14.1. The summed E-state index contributed by atoms with van der Waals surface area (Å²) in [6.07, 6.45) is -1.83. The summed E-state index contributed by atoms with van der Waals surface area (Å²) in [6, 6.07) is 0. The molecule has 0 spiro atoms. The molecular weight excluding hydrogens is 359 g/mol. The third kappa shape index (κ3) is 79.4. The van der Waals surface area contributed by atoms with Gasteiger partial charge in [-0.25, -0.2) is 4.79 Å². The molecular formula is C3H8Ba2O3+4. The fourth-order valence-electron chi connectivity index (χ4n) is 0. The Balaban J connectivity index is -0.0000000542. The van der Waals surface area contributed by atoms with Crippen LogP contribution < -0.4 is 0 Å². The molecule has 0 rings (SSSR count). The summed E-state index contributed by atoms with van der Waals surface area (Å²) in [4.78, 5) is 8.56. The molecule has 0 fully saturated rings. The zero-order valence-electron chi connectivity index (χ0n) is 5.22. The van der Waals surface area contributed by atoms with Gasteiger partial charge in [-0.05, 0) is 0 Å². The molecule has 8 heavy (non-hydrogen) atoms. The van der Waals surface area contributed by atoms with E-state index in [2.05, 4.69) is 2.78 Å². The van der Waals surface area contributed by atoms with Crippen LogP contribution in [0.2, 0.25) is 2.78 Å². The normalized spacial score (nSPS) is 4.50. The number of hydrogen-bond acceptors (Lipinski definition) is 1. The van der Waals surface area contributed by atoms with Gasteiger partial charge >= 0.3 is 102 Å². The molecule has 0 saturated carbocycles. The van der Waals surface area contributed by atoms with E-state index >= 15 is 0 Å². The molecule has 0 aliphatic heterocycles. The third-order valence-electron chi connectivity index (χ3n) is 0. The van der Waals surface area contributed by atoms with E-state index in [9.17, 15) is 0 Å². The van der Waals surface area contributed by atoms with Gasteiger partial charge in [0.2, 0.25) is 0 Å². The van der Waals surface area contributed by atoms with Crippen molar-refractivity contribution >= 4 is 99.2 Å². The second kappa shape index (κ2) is 22.7. The van der Waals surface area contributed by atoms with Crippen molar-refractivity contribution in [3.8, 4) is 0 Å². The van der Waals surface area contributed by atoms with Crippen LogP contribution in [-0.2, 0) is 0 Å². The van der Waals surface area contributed by atoms with E-state index in [0.29, 0.717) is 0 Å². The molecule has 0 aromatic carbocycles. The van der Waals surface area contributed by atoms with Crippen molar-refractivity contribution in [2.45, 2.75) is 2.78 Å². The quantitative estimate of drug-likeness (QED) is 0.618. The molecule has 3 nitrogen and oxygen atoms in total. The monoisotopic (exact) mass is 368 g/mol. The van der Waals surface area contributed by atoms with Crippen LogP contribution in [-0.4, -0.2) is 109 Å². The minimum atomic E-state index is -1.83. The molecule has 5 heteroatoms. The Bertz CT molecular complexity index is 35.5. The average molecular weight is 367 g/mol. The van der Waals surface area contributed by atoms with E-state index < -0.39 is 6.16 Å². The van der Waals surface area contributed by atoms with Crippen molar-refractivity contribution in [1.82, 2.24) is 0 Å². The first-order valence-corrected chi connectivity index (χ1v) is 10.9. The second-order valence-corrected chi connectivity index (χ2v) is 0.283. The first-order chi connectivity index (χ1) is 3.73. The Hall–Kier alpha value is 2.41. The van der Waals surface area contributed by atoms with Gasteiger partial charge in [-0.1, -0.05) is 0 Å². The molecule has 0 atom stereocenters. The second-order valence-electron chi connectivity index (χ2n) is 0.283. The zero-order chi connectivity index (χ0) is 7.58. The van der Waals surface area contributed by atoms with Crippen molar-refractivity contribution in [3.05, 3.63) is 0 Å². The summed E-state index contributed by atoms with van der Waals surface area (Å²) in [5.74, 6) is 0. The molecule has 0 heterocycles. The molecule has 2 N–H and O–H groups in total. The molecule has 0 saturated heterocycles. The Morgan fingerprint density at radius 3 is 1.12 bits per heavy atom. The molecule has 0 aromatic heterocycles. The number of rotatable bonds is 0. The Morgan fingerprint density at radius 1 is 1.12 bits per heavy atom. The fraction of sp³-hybridized carbons (Fsp3) is 0.667. The topological polar surface area (TPSA) is 57.5 Å². The van der Waals surface area contributed by atoms with Crippen LogP contribution in [0.3, 0.4) is 0 Å². The van der Waals surface area contributed by atoms with Crippen LogP contribution in [0.1, 0.15) is 0 Å². The van der Waals surface area contributed by atoms with E-state index in [1.54, 1.807) is 0 Å². The molecule has 0 unspecified atom stereocenters. The van der Waals surface area contributed by atoms with E-state index in [1.165, 1.54) is 0 Å². The van der Waals surface area contributed by atoms with Gasteiger partial charge < -0.3 is 10.2 Å². The maximum atomic E-state index is 8.56. The van der Waals surface area contributed by atoms with Gasteiger partial charge in [0.05, 0.1) is 0 Å². The summed E-state index contributed by atoms with van der Waals surface area (Å²) < 4.78 is 4.39. The predicted octanol–water partition coefficient (Wildman–Crippen LogP) is 0.628. The van der Waals surface area contributed by atoms with Gasteiger partial charge in [0.15, 0.2) is 0 Å². The van der Waals surface area contributed by atoms with Gasteiger partial charge in [0.1, 0.15) is 0 Å². The van der Waals surface area contributed by atoms with E-state index in [1.807, 2.05) is 0 Å². The molecule has 14 radical (unpaired) electrons. The van der Waals surface area contributed by atoms with E-state index in [0.717, 1.165) is 93.1 Å². The molecule has 38 valence electrons. The minimum absolute atomic E-state index is 1.03. The fourth-order valence-corrected chi connectivity index (χ4v) is 0. The van der Waals surface area contributed by atoms with Crippen LogP contribution >= 0.6 is 0 Å². The van der Waals surface area contributed by atoms with Gasteiger partial charge in [0.25, 0.3) is 0 Å². The summed E-state index contributed by atoms with van der Waals surface area (Å²) in [5, 5.41) is 13.9. The first kappa shape index (κ1) is 16.8. The average Bonchev–Trinajstić information content (AvgIpc) is 1.75. The Kier molecular flexibility index (Phi) is 47.7. The molecule has 0 aliphatic carbocycles. The Morgan fingerprint density at radius 2 is 1.12 bits per heavy atom. The standard InChI is InChI=1S/CH2O3.2CH3.2Ba/c2-1(3)4;;;;/h(H2,2,3,4);2*1H3;;/q;;;2*+2. The SMILES string of the molecule is O=C(O)O.[CH3][Ba+2].[CH3][Ba+2]. The summed E-state index contributed by atoms with van der Waals surface area (Å²) >= 11 is 2.06. The number of carbonyl (C=O) groups is 1. The van der Waals surface area contributed by atoms with E-state index in [-0.39, 0.29) is 0 Å². The van der Waals surface area contributed by atoms with Crippen molar-refractivity contribution in [2.75, 3.05) is 0 Å². The maximum absolute atomic E-state index is 8.56. The summed E-state index contributed by atoms with van der Waals surface area (Å²) in [5.41, 5.74) is 0. The number of hydrogen-bond donors (Lipinski definition) is 2.